The van der Waals surface area contributed by atoms with Crippen LogP contribution in [0.4, 0.5) is 4.39 Å². The second-order valence-electron chi connectivity index (χ2n) is 8.53. The Kier molecular flexibility index (Phi) is 5.14. The Morgan fingerprint density at radius 1 is 1.29 bits per heavy atom. The number of amides is 1. The summed E-state index contributed by atoms with van der Waals surface area (Å²) in [7, 11) is 0. The molecule has 0 radical (unpaired) electrons. The maximum Gasteiger partial charge on any atom is 0.220 e. The molecule has 0 saturated carbocycles. The average molecular weight is 441 g/mol. The Balaban J connectivity index is 1.26. The molecule has 0 bridgehead atoms. The Morgan fingerprint density at radius 3 is 2.94 bits per heavy atom. The van der Waals surface area contributed by atoms with Crippen LogP contribution in [0.15, 0.2) is 24.3 Å². The summed E-state index contributed by atoms with van der Waals surface area (Å²) < 4.78 is 21.7. The second kappa shape index (κ2) is 7.84. The molecule has 5 rings (SSSR count). The number of nitrogens with zero attached hydrogens (tertiary/aromatic N) is 4. The van der Waals surface area contributed by atoms with E-state index >= 15 is 0 Å². The standard InChI is InChI=1S/C23H25FN4O2S/c1-13-6-18(30-23-5-4-16-9-28(15(3)29)12-21(16)26-23)11-27(13)10-17-7-20-22(8-19(17)24)31-14(2)25-20/h4-5,7-8,13,18H,6,9-12H2,1-3H3. The van der Waals surface area contributed by atoms with Crippen LogP contribution in [-0.2, 0) is 24.4 Å². The molecule has 2 unspecified atom stereocenters. The van der Waals surface area contributed by atoms with E-state index in [-0.39, 0.29) is 23.9 Å². The molecule has 2 aromatic heterocycles. The van der Waals surface area contributed by atoms with Crippen LogP contribution in [-0.4, -0.2) is 44.4 Å². The molecule has 0 N–H and O–H groups in total. The topological polar surface area (TPSA) is 58.6 Å². The Hall–Kier alpha value is -2.58. The zero-order valence-electron chi connectivity index (χ0n) is 17.9. The molecule has 8 heteroatoms. The number of hydrogen-bond acceptors (Lipinski definition) is 6. The van der Waals surface area contributed by atoms with Crippen molar-refractivity contribution in [3.05, 3.63) is 51.9 Å². The van der Waals surface area contributed by atoms with E-state index in [2.05, 4.69) is 21.8 Å². The number of aryl methyl sites for hydroxylation is 1. The van der Waals surface area contributed by atoms with Gasteiger partial charge in [-0.3, -0.25) is 9.69 Å². The first-order valence-corrected chi connectivity index (χ1v) is 11.4. The zero-order chi connectivity index (χ0) is 21.7. The molecule has 1 amide bonds. The van der Waals surface area contributed by atoms with Crippen molar-refractivity contribution >= 4 is 27.5 Å². The number of carbonyl (C=O) groups excluding carboxylic acids is 1. The molecule has 1 saturated heterocycles. The summed E-state index contributed by atoms with van der Waals surface area (Å²) >= 11 is 1.52. The highest BCUT2D eigenvalue weighted by Gasteiger charge is 2.32. The molecule has 2 aliphatic rings. The third-order valence-electron chi connectivity index (χ3n) is 6.18. The molecule has 1 fully saturated rings. The number of hydrogen-bond donors (Lipinski definition) is 0. The Morgan fingerprint density at radius 2 is 2.13 bits per heavy atom. The largest absolute Gasteiger partial charge is 0.473 e. The minimum absolute atomic E-state index is 0.000766. The highest BCUT2D eigenvalue weighted by Crippen LogP contribution is 2.29. The van der Waals surface area contributed by atoms with Crippen molar-refractivity contribution in [2.75, 3.05) is 6.54 Å². The zero-order valence-corrected chi connectivity index (χ0v) is 18.7. The summed E-state index contributed by atoms with van der Waals surface area (Å²) in [6.07, 6.45) is 0.858. The van der Waals surface area contributed by atoms with Crippen LogP contribution in [0, 0.1) is 12.7 Å². The van der Waals surface area contributed by atoms with Crippen molar-refractivity contribution in [1.82, 2.24) is 19.8 Å². The molecule has 1 aromatic carbocycles. The monoisotopic (exact) mass is 440 g/mol. The van der Waals surface area contributed by atoms with Crippen LogP contribution in [0.3, 0.4) is 0 Å². The van der Waals surface area contributed by atoms with Gasteiger partial charge in [0.15, 0.2) is 0 Å². The van der Waals surface area contributed by atoms with Crippen LogP contribution < -0.4 is 4.74 Å². The lowest BCUT2D eigenvalue weighted by molar-refractivity contribution is -0.129. The molecule has 162 valence electrons. The molecule has 2 atom stereocenters. The normalized spacial score (nSPS) is 21.1. The molecule has 0 spiro atoms. The molecule has 6 nitrogen and oxygen atoms in total. The number of aromatic nitrogens is 2. The van der Waals surface area contributed by atoms with Crippen LogP contribution >= 0.6 is 11.3 Å². The van der Waals surface area contributed by atoms with E-state index in [1.807, 2.05) is 25.1 Å². The molecular weight excluding hydrogens is 415 g/mol. The summed E-state index contributed by atoms with van der Waals surface area (Å²) in [6.45, 7) is 8.06. The van der Waals surface area contributed by atoms with Crippen LogP contribution in [0.2, 0.25) is 0 Å². The SMILES string of the molecule is CC(=O)N1Cc2ccc(OC3CC(C)N(Cc4cc5nc(C)sc5cc4F)C3)nc2C1. The highest BCUT2D eigenvalue weighted by atomic mass is 32.1. The lowest BCUT2D eigenvalue weighted by Crippen LogP contribution is -2.28. The van der Waals surface area contributed by atoms with E-state index in [4.69, 9.17) is 4.74 Å². The fraction of sp³-hybridized carbons (Fsp3) is 0.435. The van der Waals surface area contributed by atoms with Gasteiger partial charge in [0.05, 0.1) is 27.5 Å². The van der Waals surface area contributed by atoms with Gasteiger partial charge in [-0.2, -0.15) is 0 Å². The summed E-state index contributed by atoms with van der Waals surface area (Å²) in [5, 5.41) is 0.947. The van der Waals surface area contributed by atoms with E-state index in [1.54, 1.807) is 17.9 Å². The quantitative estimate of drug-likeness (QED) is 0.613. The summed E-state index contributed by atoms with van der Waals surface area (Å²) in [4.78, 5) is 24.8. The van der Waals surface area contributed by atoms with Crippen molar-refractivity contribution in [3.8, 4) is 5.88 Å². The summed E-state index contributed by atoms with van der Waals surface area (Å²) in [6, 6.07) is 7.63. The van der Waals surface area contributed by atoms with Gasteiger partial charge in [0.2, 0.25) is 11.8 Å². The lowest BCUT2D eigenvalue weighted by atomic mass is 10.1. The number of ether oxygens (including phenoxy) is 1. The Labute approximate surface area is 184 Å². The molecular formula is C23H25FN4O2S. The minimum Gasteiger partial charge on any atom is -0.473 e. The number of thiazole rings is 1. The molecule has 31 heavy (non-hydrogen) atoms. The van der Waals surface area contributed by atoms with Crippen molar-refractivity contribution in [2.45, 2.75) is 59.0 Å². The number of fused-ring (bicyclic) bond motifs is 2. The van der Waals surface area contributed by atoms with Gasteiger partial charge in [-0.15, -0.1) is 11.3 Å². The predicted molar refractivity (Wildman–Crippen MR) is 117 cm³/mol. The molecule has 2 aliphatic heterocycles. The van der Waals surface area contributed by atoms with Crippen LogP contribution in [0.5, 0.6) is 5.88 Å². The third-order valence-corrected chi connectivity index (χ3v) is 7.11. The Bertz CT molecular complexity index is 1160. The van der Waals surface area contributed by atoms with Crippen LogP contribution in [0.1, 0.15) is 42.1 Å². The van der Waals surface area contributed by atoms with E-state index in [0.717, 1.165) is 32.9 Å². The number of likely N-dealkylation sites (tertiary alicyclic amines) is 1. The highest BCUT2D eigenvalue weighted by molar-refractivity contribution is 7.18. The number of pyridine rings is 1. The molecule has 0 aliphatic carbocycles. The van der Waals surface area contributed by atoms with E-state index in [0.29, 0.717) is 37.6 Å². The first-order valence-electron chi connectivity index (χ1n) is 10.6. The second-order valence-corrected chi connectivity index (χ2v) is 9.76. The van der Waals surface area contributed by atoms with Crippen molar-refractivity contribution < 1.29 is 13.9 Å². The van der Waals surface area contributed by atoms with Gasteiger partial charge in [-0.25, -0.2) is 14.4 Å². The van der Waals surface area contributed by atoms with Gasteiger partial charge < -0.3 is 9.64 Å². The maximum atomic E-state index is 14.7. The van der Waals surface area contributed by atoms with Gasteiger partial charge in [-0.05, 0) is 37.6 Å². The number of benzene rings is 1. The fourth-order valence-electron chi connectivity index (χ4n) is 4.49. The fourth-order valence-corrected chi connectivity index (χ4v) is 5.33. The van der Waals surface area contributed by atoms with Gasteiger partial charge >= 0.3 is 0 Å². The van der Waals surface area contributed by atoms with E-state index < -0.39 is 0 Å². The van der Waals surface area contributed by atoms with Gasteiger partial charge in [-0.1, -0.05) is 0 Å². The number of carbonyl (C=O) groups is 1. The van der Waals surface area contributed by atoms with Gasteiger partial charge in [0, 0.05) is 50.7 Å². The maximum absolute atomic E-state index is 14.7. The molecule has 3 aromatic rings. The smallest absolute Gasteiger partial charge is 0.220 e. The average Bonchev–Trinajstić information content (AvgIpc) is 3.38. The number of halogens is 1. The first kappa shape index (κ1) is 20.3. The van der Waals surface area contributed by atoms with Crippen LogP contribution in [0.25, 0.3) is 10.2 Å². The minimum atomic E-state index is -0.178. The van der Waals surface area contributed by atoms with E-state index in [1.165, 1.54) is 11.3 Å². The van der Waals surface area contributed by atoms with Gasteiger partial charge in [0.25, 0.3) is 0 Å². The van der Waals surface area contributed by atoms with Crippen molar-refractivity contribution in [3.63, 3.8) is 0 Å². The van der Waals surface area contributed by atoms with Gasteiger partial charge in [0.1, 0.15) is 11.9 Å². The summed E-state index contributed by atoms with van der Waals surface area (Å²) in [5.74, 6) is 0.468. The summed E-state index contributed by atoms with van der Waals surface area (Å²) in [5.41, 5.74) is 3.52. The predicted octanol–water partition coefficient (Wildman–Crippen LogP) is 4.04. The van der Waals surface area contributed by atoms with Crippen molar-refractivity contribution in [2.24, 2.45) is 0 Å². The van der Waals surface area contributed by atoms with E-state index in [9.17, 15) is 9.18 Å². The molecule has 4 heterocycles. The number of rotatable bonds is 4. The third kappa shape index (κ3) is 4.02. The first-order chi connectivity index (χ1) is 14.9. The van der Waals surface area contributed by atoms with Crippen molar-refractivity contribution in [1.29, 1.82) is 0 Å². The lowest BCUT2D eigenvalue weighted by Gasteiger charge is -2.21.